The summed E-state index contributed by atoms with van der Waals surface area (Å²) in [6.45, 7) is 4.49. The van der Waals surface area contributed by atoms with Gasteiger partial charge in [0.2, 0.25) is 0 Å². The molecule has 2 rings (SSSR count). The van der Waals surface area contributed by atoms with Gasteiger partial charge in [-0.05, 0) is 34.1 Å². The highest BCUT2D eigenvalue weighted by Crippen LogP contribution is 2.35. The van der Waals surface area contributed by atoms with Crippen LogP contribution in [0.25, 0.3) is 0 Å². The number of rotatable bonds is 2. The van der Waals surface area contributed by atoms with Crippen molar-refractivity contribution >= 4 is 21.7 Å². The number of benzene rings is 1. The Kier molecular flexibility index (Phi) is 2.77. The van der Waals surface area contributed by atoms with Crippen molar-refractivity contribution in [1.82, 2.24) is 0 Å². The Morgan fingerprint density at radius 2 is 1.93 bits per heavy atom. The third kappa shape index (κ3) is 1.90. The van der Waals surface area contributed by atoms with E-state index in [2.05, 4.69) is 22.5 Å². The molecule has 1 aromatic carbocycles. The lowest BCUT2D eigenvalue weighted by Crippen LogP contribution is -2.16. The van der Waals surface area contributed by atoms with Crippen molar-refractivity contribution in [3.63, 3.8) is 0 Å². The Hall–Kier alpha value is -1.29. The maximum absolute atomic E-state index is 11.5. The summed E-state index contributed by atoms with van der Waals surface area (Å²) in [5.74, 6) is 1.13. The van der Waals surface area contributed by atoms with Gasteiger partial charge in [-0.15, -0.1) is 0 Å². The number of carbonyl (C=O) groups is 1. The molecule has 0 saturated carbocycles. The van der Waals surface area contributed by atoms with Gasteiger partial charge in [-0.25, -0.2) is 0 Å². The number of fused-ring (bicyclic) bond motifs is 1. The third-order valence-corrected chi connectivity index (χ3v) is 2.74. The lowest BCUT2D eigenvalue weighted by Gasteiger charge is -2.19. The maximum Gasteiger partial charge on any atom is 0.186 e. The van der Waals surface area contributed by atoms with Gasteiger partial charge in [0, 0.05) is 10.0 Å². The average Bonchev–Trinajstić information content (AvgIpc) is 2.27. The van der Waals surface area contributed by atoms with Crippen molar-refractivity contribution in [1.29, 1.82) is 0 Å². The van der Waals surface area contributed by atoms with Crippen molar-refractivity contribution in [3.05, 3.63) is 34.8 Å². The number of allylic oxidation sites excluding steroid dienone is 1. The number of halogens is 1. The lowest BCUT2D eigenvalue weighted by atomic mass is 10.1. The molecule has 1 aliphatic rings. The van der Waals surface area contributed by atoms with Gasteiger partial charge in [0.05, 0.1) is 0 Å². The predicted octanol–water partition coefficient (Wildman–Crippen LogP) is 2.59. The summed E-state index contributed by atoms with van der Waals surface area (Å²) in [4.78, 5) is 11.5. The lowest BCUT2D eigenvalue weighted by molar-refractivity contribution is 0.104. The van der Waals surface area contributed by atoms with Crippen LogP contribution in [0.2, 0.25) is 0 Å². The van der Waals surface area contributed by atoms with Gasteiger partial charge in [0.25, 0.3) is 0 Å². The number of carbonyl (C=O) groups excluding carboxylic acids is 1. The van der Waals surface area contributed by atoms with Gasteiger partial charge >= 0.3 is 0 Å². The Bertz CT molecular complexity index is 426. The van der Waals surface area contributed by atoms with Crippen LogP contribution in [-0.2, 0) is 0 Å². The predicted molar refractivity (Wildman–Crippen MR) is 59.7 cm³/mol. The van der Waals surface area contributed by atoms with E-state index in [1.807, 2.05) is 0 Å². The second-order valence-electron chi connectivity index (χ2n) is 3.04. The SMILES string of the molecule is C=CC(=O)c1cc2c(cc1Br)OCCO2. The molecule has 0 N–H and O–H groups in total. The van der Waals surface area contributed by atoms with Crippen molar-refractivity contribution in [3.8, 4) is 11.5 Å². The Balaban J connectivity index is 2.49. The van der Waals surface area contributed by atoms with Gasteiger partial charge < -0.3 is 9.47 Å². The average molecular weight is 269 g/mol. The van der Waals surface area contributed by atoms with Crippen LogP contribution in [-0.4, -0.2) is 19.0 Å². The maximum atomic E-state index is 11.5. The van der Waals surface area contributed by atoms with Gasteiger partial charge in [-0.3, -0.25) is 4.79 Å². The zero-order valence-corrected chi connectivity index (χ0v) is 9.54. The normalized spacial score (nSPS) is 13.4. The highest BCUT2D eigenvalue weighted by atomic mass is 79.9. The minimum atomic E-state index is -0.140. The molecule has 0 atom stereocenters. The van der Waals surface area contributed by atoms with Gasteiger partial charge in [0.15, 0.2) is 17.3 Å². The van der Waals surface area contributed by atoms with E-state index in [1.54, 1.807) is 12.1 Å². The van der Waals surface area contributed by atoms with Crippen molar-refractivity contribution < 1.29 is 14.3 Å². The van der Waals surface area contributed by atoms with Crippen LogP contribution in [0.4, 0.5) is 0 Å². The van der Waals surface area contributed by atoms with E-state index < -0.39 is 0 Å². The molecule has 78 valence electrons. The Labute approximate surface area is 95.8 Å². The molecule has 0 amide bonds. The second-order valence-corrected chi connectivity index (χ2v) is 3.90. The first-order valence-corrected chi connectivity index (χ1v) is 5.27. The molecule has 0 spiro atoms. The number of ether oxygens (including phenoxy) is 2. The molecule has 0 saturated heterocycles. The van der Waals surface area contributed by atoms with Gasteiger partial charge in [0.1, 0.15) is 13.2 Å². The largest absolute Gasteiger partial charge is 0.486 e. The smallest absolute Gasteiger partial charge is 0.186 e. The molecule has 0 unspecified atom stereocenters. The van der Waals surface area contributed by atoms with Crippen LogP contribution in [0.3, 0.4) is 0 Å². The fourth-order valence-corrected chi connectivity index (χ4v) is 1.88. The van der Waals surface area contributed by atoms with E-state index in [0.29, 0.717) is 34.7 Å². The topological polar surface area (TPSA) is 35.5 Å². The molecule has 1 aliphatic heterocycles. The Morgan fingerprint density at radius 3 is 2.53 bits per heavy atom. The molecule has 0 bridgehead atoms. The highest BCUT2D eigenvalue weighted by Gasteiger charge is 2.16. The monoisotopic (exact) mass is 268 g/mol. The molecule has 1 aromatic rings. The number of ketones is 1. The molecule has 15 heavy (non-hydrogen) atoms. The molecule has 0 fully saturated rings. The molecular weight excluding hydrogens is 260 g/mol. The fourth-order valence-electron chi connectivity index (χ4n) is 1.36. The number of hydrogen-bond acceptors (Lipinski definition) is 3. The first kappa shape index (κ1) is 10.2. The second kappa shape index (κ2) is 4.06. The summed E-state index contributed by atoms with van der Waals surface area (Å²) in [6, 6.07) is 3.41. The van der Waals surface area contributed by atoms with Crippen LogP contribution < -0.4 is 9.47 Å². The summed E-state index contributed by atoms with van der Waals surface area (Å²) < 4.78 is 11.5. The summed E-state index contributed by atoms with van der Waals surface area (Å²) in [5, 5.41) is 0. The standard InChI is InChI=1S/C11H9BrO3/c1-2-9(13)7-5-10-11(6-8(7)12)15-4-3-14-10/h2,5-6H,1,3-4H2. The zero-order valence-electron chi connectivity index (χ0n) is 7.96. The van der Waals surface area contributed by atoms with Crippen molar-refractivity contribution in [2.75, 3.05) is 13.2 Å². The molecule has 0 aromatic heterocycles. The highest BCUT2D eigenvalue weighted by molar-refractivity contribution is 9.10. The molecule has 1 heterocycles. The molecule has 0 radical (unpaired) electrons. The first-order valence-electron chi connectivity index (χ1n) is 4.48. The fraction of sp³-hybridized carbons (Fsp3) is 0.182. The van der Waals surface area contributed by atoms with Gasteiger partial charge in [-0.1, -0.05) is 6.58 Å². The summed E-state index contributed by atoms with van der Waals surface area (Å²) >= 11 is 3.31. The number of hydrogen-bond donors (Lipinski definition) is 0. The molecular formula is C11H9BrO3. The molecule has 4 heteroatoms. The Morgan fingerprint density at radius 1 is 1.33 bits per heavy atom. The minimum absolute atomic E-state index is 0.140. The van der Waals surface area contributed by atoms with Crippen molar-refractivity contribution in [2.45, 2.75) is 0 Å². The molecule has 0 aliphatic carbocycles. The summed E-state index contributed by atoms with van der Waals surface area (Å²) in [7, 11) is 0. The van der Waals surface area contributed by atoms with E-state index >= 15 is 0 Å². The van der Waals surface area contributed by atoms with Crippen LogP contribution >= 0.6 is 15.9 Å². The minimum Gasteiger partial charge on any atom is -0.486 e. The van der Waals surface area contributed by atoms with Crippen LogP contribution in [0.15, 0.2) is 29.3 Å². The quantitative estimate of drug-likeness (QED) is 0.611. The van der Waals surface area contributed by atoms with Crippen LogP contribution in [0.1, 0.15) is 10.4 Å². The summed E-state index contributed by atoms with van der Waals surface area (Å²) in [5.41, 5.74) is 0.536. The first-order chi connectivity index (χ1) is 7.22. The van der Waals surface area contributed by atoms with Crippen LogP contribution in [0.5, 0.6) is 11.5 Å². The third-order valence-electron chi connectivity index (χ3n) is 2.08. The van der Waals surface area contributed by atoms with E-state index in [1.165, 1.54) is 6.08 Å². The molecule has 3 nitrogen and oxygen atoms in total. The van der Waals surface area contributed by atoms with E-state index in [9.17, 15) is 4.79 Å². The van der Waals surface area contributed by atoms with Crippen molar-refractivity contribution in [2.24, 2.45) is 0 Å². The van der Waals surface area contributed by atoms with E-state index in [-0.39, 0.29) is 5.78 Å². The summed E-state index contributed by atoms with van der Waals surface area (Å²) in [6.07, 6.45) is 1.27. The van der Waals surface area contributed by atoms with Crippen LogP contribution in [0, 0.1) is 0 Å². The zero-order chi connectivity index (χ0) is 10.8. The van der Waals surface area contributed by atoms with Gasteiger partial charge in [-0.2, -0.15) is 0 Å². The van der Waals surface area contributed by atoms with E-state index in [4.69, 9.17) is 9.47 Å². The van der Waals surface area contributed by atoms with E-state index in [0.717, 1.165) is 0 Å².